The molecule has 2 atom stereocenters. The Kier molecular flexibility index (Phi) is 7.06. The van der Waals surface area contributed by atoms with Crippen LogP contribution in [0.3, 0.4) is 0 Å². The molecule has 0 unspecified atom stereocenters. The van der Waals surface area contributed by atoms with Gasteiger partial charge in [-0.3, -0.25) is 24.5 Å². The number of carbonyl (C=O) groups excluding carboxylic acids is 2. The average Bonchev–Trinajstić information content (AvgIpc) is 3.23. The molecule has 2 aliphatic heterocycles. The zero-order valence-electron chi connectivity index (χ0n) is 19.9. The van der Waals surface area contributed by atoms with Gasteiger partial charge in [0.15, 0.2) is 0 Å². The minimum Gasteiger partial charge on any atom is -0.382 e. The molecule has 4 heterocycles. The third kappa shape index (κ3) is 5.29. The molecule has 10 heteroatoms. The summed E-state index contributed by atoms with van der Waals surface area (Å²) in [7, 11) is 0. The zero-order chi connectivity index (χ0) is 25.1. The van der Waals surface area contributed by atoms with E-state index in [-0.39, 0.29) is 37.4 Å². The molecule has 188 valence electrons. The second-order valence-corrected chi connectivity index (χ2v) is 9.40. The summed E-state index contributed by atoms with van der Waals surface area (Å²) < 4.78 is 13.6. The highest BCUT2D eigenvalue weighted by Crippen LogP contribution is 2.28. The van der Waals surface area contributed by atoms with Crippen molar-refractivity contribution in [2.24, 2.45) is 5.73 Å². The van der Waals surface area contributed by atoms with Crippen molar-refractivity contribution in [1.29, 1.82) is 0 Å². The van der Waals surface area contributed by atoms with Gasteiger partial charge in [0.2, 0.25) is 5.91 Å². The molecule has 4 N–H and O–H groups in total. The first-order chi connectivity index (χ1) is 17.5. The lowest BCUT2D eigenvalue weighted by atomic mass is 10.0. The van der Waals surface area contributed by atoms with Gasteiger partial charge in [-0.15, -0.1) is 0 Å². The minimum atomic E-state index is -1.03. The normalized spacial score (nSPS) is 21.0. The van der Waals surface area contributed by atoms with Crippen LogP contribution >= 0.6 is 0 Å². The number of fused-ring (bicyclic) bond motifs is 1. The van der Waals surface area contributed by atoms with Crippen molar-refractivity contribution < 1.29 is 14.0 Å². The summed E-state index contributed by atoms with van der Waals surface area (Å²) in [5, 5.41) is 7.35. The Bertz CT molecular complexity index is 1230. The predicted octanol–water partition coefficient (Wildman–Crippen LogP) is 2.61. The van der Waals surface area contributed by atoms with Crippen LogP contribution in [0.1, 0.15) is 29.6 Å². The third-order valence-corrected chi connectivity index (χ3v) is 6.85. The number of piperidine rings is 1. The number of nitrogens with two attached hydrogens (primary N) is 1. The van der Waals surface area contributed by atoms with Gasteiger partial charge >= 0.3 is 0 Å². The van der Waals surface area contributed by atoms with Crippen molar-refractivity contribution in [3.05, 3.63) is 60.6 Å². The fourth-order valence-electron chi connectivity index (χ4n) is 4.95. The summed E-state index contributed by atoms with van der Waals surface area (Å²) in [6.07, 6.45) is 5.30. The van der Waals surface area contributed by atoms with Gasteiger partial charge in [-0.25, -0.2) is 4.39 Å². The highest BCUT2D eigenvalue weighted by atomic mass is 19.1. The molecule has 0 spiro atoms. The quantitative estimate of drug-likeness (QED) is 0.485. The van der Waals surface area contributed by atoms with Crippen molar-refractivity contribution in [2.75, 3.05) is 36.8 Å². The van der Waals surface area contributed by atoms with Crippen LogP contribution in [-0.2, 0) is 4.79 Å². The first kappa shape index (κ1) is 24.1. The van der Waals surface area contributed by atoms with Crippen LogP contribution in [0.5, 0.6) is 0 Å². The number of rotatable bonds is 6. The monoisotopic (exact) mass is 491 g/mol. The summed E-state index contributed by atoms with van der Waals surface area (Å²) in [5.74, 6) is -0.348. The first-order valence-corrected chi connectivity index (χ1v) is 12.2. The second-order valence-electron chi connectivity index (χ2n) is 9.40. The van der Waals surface area contributed by atoms with Crippen molar-refractivity contribution in [3.63, 3.8) is 0 Å². The minimum absolute atomic E-state index is 0.0926. The molecule has 2 aliphatic rings. The van der Waals surface area contributed by atoms with Crippen molar-refractivity contribution >= 4 is 34.1 Å². The van der Waals surface area contributed by atoms with Crippen LogP contribution in [0.15, 0.2) is 55.0 Å². The molecular weight excluding hydrogens is 461 g/mol. The zero-order valence-corrected chi connectivity index (χ0v) is 19.9. The number of halogens is 1. The highest BCUT2D eigenvalue weighted by Gasteiger charge is 2.34. The van der Waals surface area contributed by atoms with E-state index in [1.165, 1.54) is 4.90 Å². The highest BCUT2D eigenvalue weighted by molar-refractivity contribution is 6.13. The van der Waals surface area contributed by atoms with E-state index in [4.69, 9.17) is 5.73 Å². The molecule has 3 aromatic rings. The number of alkyl halides is 1. The van der Waals surface area contributed by atoms with E-state index in [0.717, 1.165) is 37.0 Å². The van der Waals surface area contributed by atoms with E-state index >= 15 is 0 Å². The molecule has 0 bridgehead atoms. The maximum absolute atomic E-state index is 13.6. The van der Waals surface area contributed by atoms with E-state index in [2.05, 4.69) is 25.5 Å². The molecule has 2 amide bonds. The van der Waals surface area contributed by atoms with Gasteiger partial charge < -0.3 is 21.3 Å². The predicted molar refractivity (Wildman–Crippen MR) is 136 cm³/mol. The fourth-order valence-corrected chi connectivity index (χ4v) is 4.95. The number of nitrogens with one attached hydrogen (secondary N) is 2. The van der Waals surface area contributed by atoms with Gasteiger partial charge in [0.25, 0.3) is 5.91 Å². The molecule has 36 heavy (non-hydrogen) atoms. The van der Waals surface area contributed by atoms with E-state index in [1.807, 2.05) is 18.2 Å². The number of aromatic nitrogens is 2. The maximum Gasteiger partial charge on any atom is 0.257 e. The maximum atomic E-state index is 13.6. The first-order valence-electron chi connectivity index (χ1n) is 12.2. The molecular formula is C26H30FN7O2. The summed E-state index contributed by atoms with van der Waals surface area (Å²) >= 11 is 0. The molecule has 5 rings (SSSR count). The van der Waals surface area contributed by atoms with Crippen LogP contribution in [0.2, 0.25) is 0 Å². The number of hydrogen-bond acceptors (Lipinski definition) is 7. The number of benzene rings is 1. The Balaban J connectivity index is 1.22. The standard InChI is InChI=1S/C26H30FN7O2/c27-17-13-23(28)34(15-17)24(35)16-33-11-7-18(8-12-33)31-22-6-5-21(25-20(22)4-2-10-30-25)26(36)32-19-3-1-9-29-14-19/h1-6,9-10,14,17-18,23,31H,7-8,11-13,15-16,28H2,(H,32,36)/t17-,23-/m0/s1. The van der Waals surface area contributed by atoms with Gasteiger partial charge in [-0.1, -0.05) is 0 Å². The smallest absolute Gasteiger partial charge is 0.257 e. The number of anilines is 2. The number of carbonyl (C=O) groups is 2. The number of hydrogen-bond donors (Lipinski definition) is 3. The number of likely N-dealkylation sites (tertiary alicyclic amines) is 2. The lowest BCUT2D eigenvalue weighted by molar-refractivity contribution is -0.133. The van der Waals surface area contributed by atoms with Crippen LogP contribution in [0.4, 0.5) is 15.8 Å². The lowest BCUT2D eigenvalue weighted by Gasteiger charge is -2.34. The number of amides is 2. The Morgan fingerprint density at radius 3 is 2.64 bits per heavy atom. The van der Waals surface area contributed by atoms with Crippen LogP contribution < -0.4 is 16.4 Å². The molecule has 0 aliphatic carbocycles. The van der Waals surface area contributed by atoms with Crippen LogP contribution in [-0.4, -0.2) is 76.1 Å². The summed E-state index contributed by atoms with van der Waals surface area (Å²) in [6, 6.07) is 11.3. The Morgan fingerprint density at radius 1 is 1.11 bits per heavy atom. The van der Waals surface area contributed by atoms with Gasteiger partial charge in [-0.05, 0) is 49.2 Å². The van der Waals surface area contributed by atoms with E-state index < -0.39 is 12.3 Å². The van der Waals surface area contributed by atoms with Crippen LogP contribution in [0, 0.1) is 0 Å². The van der Waals surface area contributed by atoms with E-state index in [9.17, 15) is 14.0 Å². The largest absolute Gasteiger partial charge is 0.382 e. The summed E-state index contributed by atoms with van der Waals surface area (Å²) in [4.78, 5) is 37.6. The molecule has 2 aromatic heterocycles. The topological polar surface area (TPSA) is 116 Å². The SMILES string of the molecule is N[C@@H]1C[C@H](F)CN1C(=O)CN1CCC(Nc2ccc(C(=O)Nc3cccnc3)c3ncccc23)CC1. The third-order valence-electron chi connectivity index (χ3n) is 6.85. The van der Waals surface area contributed by atoms with Crippen molar-refractivity contribution in [3.8, 4) is 0 Å². The molecule has 1 aromatic carbocycles. The molecule has 9 nitrogen and oxygen atoms in total. The Morgan fingerprint density at radius 2 is 1.92 bits per heavy atom. The molecule has 0 radical (unpaired) electrons. The molecule has 2 saturated heterocycles. The average molecular weight is 492 g/mol. The second kappa shape index (κ2) is 10.5. The van der Waals surface area contributed by atoms with E-state index in [1.54, 1.807) is 36.8 Å². The molecule has 2 fully saturated rings. The summed E-state index contributed by atoms with van der Waals surface area (Å²) in [5.41, 5.74) is 8.55. The fraction of sp³-hybridized carbons (Fsp3) is 0.385. The van der Waals surface area contributed by atoms with Crippen LogP contribution in [0.25, 0.3) is 10.9 Å². The van der Waals surface area contributed by atoms with Gasteiger partial charge in [0.1, 0.15) is 6.17 Å². The van der Waals surface area contributed by atoms with Gasteiger partial charge in [-0.2, -0.15) is 0 Å². The lowest BCUT2D eigenvalue weighted by Crippen LogP contribution is -2.48. The Labute approximate surface area is 208 Å². The van der Waals surface area contributed by atoms with Gasteiger partial charge in [0.05, 0.1) is 42.2 Å². The van der Waals surface area contributed by atoms with Gasteiger partial charge in [0, 0.05) is 49.0 Å². The van der Waals surface area contributed by atoms with Crippen molar-refractivity contribution in [2.45, 2.75) is 37.6 Å². The Hall–Kier alpha value is -3.63. The number of nitrogens with zero attached hydrogens (tertiary/aromatic N) is 4. The number of pyridine rings is 2. The van der Waals surface area contributed by atoms with Crippen molar-refractivity contribution in [1.82, 2.24) is 19.8 Å². The summed E-state index contributed by atoms with van der Waals surface area (Å²) in [6.45, 7) is 1.87. The van der Waals surface area contributed by atoms with E-state index in [0.29, 0.717) is 16.8 Å². The molecule has 0 saturated carbocycles.